The van der Waals surface area contributed by atoms with Crippen LogP contribution in [-0.2, 0) is 56.0 Å². The van der Waals surface area contributed by atoms with Gasteiger partial charge in [-0.05, 0) is 66.5 Å². The zero-order chi connectivity index (χ0) is 73.6. The van der Waals surface area contributed by atoms with Gasteiger partial charge in [-0.3, -0.25) is 24.0 Å². The number of thiazole rings is 5. The third kappa shape index (κ3) is 15.1. The number of aliphatic hydroxyl groups excluding tert-OH is 2. The summed E-state index contributed by atoms with van der Waals surface area (Å²) in [6.07, 6.45) is -7.62. The number of likely N-dealkylation sites (N-methyl/N-ethyl adjacent to an activating group) is 2. The standard InChI is InChI=1S/C64H68N14O20S5/c1-25(80)42-55(86)74-43(26(2)93-8)58-69-37(24-101-58)54(85)75-46-48-49(98-40-15-64(4,91)50(76(5)6)27(3)97-40)63(90)95-17-28-10-9-11-38-41(28)30(18-94-48)47(78(38)92)62(89)96-19-32(66-52(83)35-23-103-60(46)71-35)57-67-33(20-100-57)44-29(56-68-36(21-99-56)53(84)73-42)14-39(81)45(72-44)59-70-34(22-102-59)51(82)65-31(61(87)88)16-77(7)12-13-79/h9-11,14,20-25,27,31-32,40,42,46,48-50,79-81,91-92H,12-13,15-19H2,1-8H3,(H,65,82)(H,66,83)(H,73,84)(H,74,86)(H,75,85)(H,87,88)/b43-26+/t25?,27?,31-,32?,40?,42?,46?,48?,49?,50?,64?/m0/s1. The Labute approximate surface area is 604 Å². The number of hydrogen-bond acceptors (Lipinski definition) is 32. The Morgan fingerprint density at radius 3 is 2.22 bits per heavy atom. The number of aromatic nitrogens is 7. The molecule has 1 saturated heterocycles. The van der Waals surface area contributed by atoms with Crippen LogP contribution in [0.1, 0.15) is 125 Å². The van der Waals surface area contributed by atoms with Crippen molar-refractivity contribution >= 4 is 121 Å². The Hall–Kier alpha value is -9.36. The number of carbonyl (C=O) groups is 8. The number of fused-ring (bicyclic) bond motifs is 15. The molecule has 0 saturated carbocycles. The first kappa shape index (κ1) is 73.4. The molecule has 0 aliphatic carbocycles. The van der Waals surface area contributed by atoms with E-state index in [9.17, 15) is 49.9 Å². The van der Waals surface area contributed by atoms with Crippen LogP contribution in [0.25, 0.3) is 49.3 Å². The van der Waals surface area contributed by atoms with E-state index >= 15 is 19.2 Å². The van der Waals surface area contributed by atoms with Crippen LogP contribution in [0.5, 0.6) is 5.75 Å². The van der Waals surface area contributed by atoms with Gasteiger partial charge in [0.05, 0.1) is 49.7 Å². The van der Waals surface area contributed by atoms with Crippen LogP contribution in [0.2, 0.25) is 0 Å². The van der Waals surface area contributed by atoms with Crippen molar-refractivity contribution in [2.75, 3.05) is 54.6 Å². The van der Waals surface area contributed by atoms with Crippen molar-refractivity contribution in [2.24, 2.45) is 0 Å². The number of ether oxygens (including phenoxy) is 6. The van der Waals surface area contributed by atoms with Crippen molar-refractivity contribution in [2.45, 2.75) is 114 Å². The minimum Gasteiger partial charge on any atom is -0.506 e. The molecule has 12 rings (SSSR count). The molecule has 0 spiro atoms. The molecule has 0 radical (unpaired) electrons. The van der Waals surface area contributed by atoms with Gasteiger partial charge in [-0.25, -0.2) is 44.3 Å². The third-order valence-corrected chi connectivity index (χ3v) is 21.8. The maximum atomic E-state index is 15.2. The first-order valence-electron chi connectivity index (χ1n) is 31.6. The summed E-state index contributed by atoms with van der Waals surface area (Å²) in [7, 11) is 6.38. The second-order valence-electron chi connectivity index (χ2n) is 24.9. The number of cyclic esters (lactones) is 2. The average molecular weight is 1510 g/mol. The molecule has 12 bridgehead atoms. The highest BCUT2D eigenvalue weighted by atomic mass is 32.1. The van der Waals surface area contributed by atoms with Crippen LogP contribution in [0, 0.1) is 0 Å². The normalized spacial score (nSPS) is 23.9. The second-order valence-corrected chi connectivity index (χ2v) is 29.2. The van der Waals surface area contributed by atoms with E-state index in [1.54, 1.807) is 52.0 Å². The number of aliphatic carboxylic acids is 1. The number of hydrogen-bond donors (Lipinski definition) is 11. The Bertz CT molecular complexity index is 4670. The maximum absolute atomic E-state index is 15.2. The molecule has 5 amide bonds. The summed E-state index contributed by atoms with van der Waals surface area (Å²) >= 11 is 4.40. The molecule has 8 aromatic rings. The topological polar surface area (TPSA) is 462 Å². The molecule has 1 aromatic carbocycles. The van der Waals surface area contributed by atoms with Gasteiger partial charge in [0, 0.05) is 62.9 Å². The van der Waals surface area contributed by atoms with Gasteiger partial charge in [-0.2, -0.15) is 4.73 Å². The number of pyridine rings is 1. The van der Waals surface area contributed by atoms with Crippen LogP contribution in [0.4, 0.5) is 0 Å². The van der Waals surface area contributed by atoms with Crippen molar-refractivity contribution in [1.29, 1.82) is 0 Å². The van der Waals surface area contributed by atoms with Gasteiger partial charge in [-0.1, -0.05) is 12.1 Å². The summed E-state index contributed by atoms with van der Waals surface area (Å²) in [6.45, 7) is 3.85. The van der Waals surface area contributed by atoms with E-state index in [4.69, 9.17) is 43.4 Å². The third-order valence-electron chi connectivity index (χ3n) is 17.3. The van der Waals surface area contributed by atoms with Gasteiger partial charge in [0.15, 0.2) is 18.1 Å². The van der Waals surface area contributed by atoms with Crippen molar-refractivity contribution in [3.8, 4) is 38.4 Å². The first-order chi connectivity index (χ1) is 49.1. The van der Waals surface area contributed by atoms with E-state index in [1.165, 1.54) is 64.9 Å². The van der Waals surface area contributed by atoms with Gasteiger partial charge in [0.25, 0.3) is 23.6 Å². The van der Waals surface area contributed by atoms with Crippen LogP contribution in [-0.4, -0.2) is 232 Å². The van der Waals surface area contributed by atoms with Crippen LogP contribution in [0.15, 0.2) is 56.9 Å². The number of allylic oxidation sites excluding steroid dienone is 1. The number of amides is 5. The summed E-state index contributed by atoms with van der Waals surface area (Å²) < 4.78 is 38.2. The molecular weight excluding hydrogens is 1450 g/mol. The molecule has 544 valence electrons. The number of methoxy groups -OCH3 is 1. The number of nitrogens with one attached hydrogen (secondary N) is 5. The summed E-state index contributed by atoms with van der Waals surface area (Å²) in [5.41, 5.74) is -3.09. The van der Waals surface area contributed by atoms with E-state index in [0.717, 1.165) is 56.7 Å². The number of carbonyl (C=O) groups excluding carboxylic acids is 7. The maximum Gasteiger partial charge on any atom is 0.358 e. The molecule has 10 unspecified atom stereocenters. The van der Waals surface area contributed by atoms with E-state index in [1.807, 2.05) is 0 Å². The number of aliphatic hydroxyl groups is 3. The lowest BCUT2D eigenvalue weighted by Gasteiger charge is -2.48. The Kier molecular flexibility index (Phi) is 21.5. The molecule has 4 aliphatic heterocycles. The summed E-state index contributed by atoms with van der Waals surface area (Å²) in [5.74, 6) is -8.77. The highest BCUT2D eigenvalue weighted by Crippen LogP contribution is 2.43. The number of carboxylic acid groups (broad SMARTS) is 1. The van der Waals surface area contributed by atoms with Crippen molar-refractivity contribution < 1.29 is 97.5 Å². The van der Waals surface area contributed by atoms with E-state index in [-0.39, 0.29) is 130 Å². The lowest BCUT2D eigenvalue weighted by molar-refractivity contribution is -0.280. The number of rotatable bonds is 13. The Balaban J connectivity index is 1.02. The minimum atomic E-state index is -1.93. The van der Waals surface area contributed by atoms with Crippen LogP contribution in [0.3, 0.4) is 0 Å². The molecule has 11 N–H and O–H groups in total. The molecule has 1 fully saturated rings. The zero-order valence-corrected chi connectivity index (χ0v) is 60.0. The molecule has 4 aliphatic rings. The number of esters is 2. The van der Waals surface area contributed by atoms with Crippen molar-refractivity contribution in [3.05, 3.63) is 112 Å². The predicted molar refractivity (Wildman–Crippen MR) is 368 cm³/mol. The van der Waals surface area contributed by atoms with Crippen LogP contribution >= 0.6 is 56.7 Å². The molecular formula is C64H68N14O20S5. The molecule has 11 atom stereocenters. The number of nitrogens with zero attached hydrogens (tertiary/aromatic N) is 9. The van der Waals surface area contributed by atoms with Gasteiger partial charge in [-0.15, -0.1) is 56.7 Å². The van der Waals surface area contributed by atoms with Crippen molar-refractivity contribution in [1.82, 2.24) is 71.0 Å². The van der Waals surface area contributed by atoms with Gasteiger partial charge < -0.3 is 95.5 Å². The lowest BCUT2D eigenvalue weighted by atomic mass is 9.85. The van der Waals surface area contributed by atoms with Crippen molar-refractivity contribution in [3.63, 3.8) is 0 Å². The monoisotopic (exact) mass is 1510 g/mol. The summed E-state index contributed by atoms with van der Waals surface area (Å²) in [6, 6.07) is -0.879. The number of carboxylic acids is 1. The first-order valence-corrected chi connectivity index (χ1v) is 36.0. The zero-order valence-electron chi connectivity index (χ0n) is 55.9. The molecule has 103 heavy (non-hydrogen) atoms. The van der Waals surface area contributed by atoms with E-state index in [2.05, 4.69) is 41.5 Å². The fraction of sp³-hybridized carbons (Fsp3) is 0.406. The SMILES string of the molecule is CO/C(C)=C1/NC(=O)C(C(C)O)NC(=O)c2csc(n2)-c2cc(O)c(-c3nc(C(=O)N[C@@H](CN(C)CCO)C(=O)O)cs3)nc2-c2csc(n2)C2COC(=O)c3c4c5c(cccc5n3O)COC(=O)C(OC3CC(C)(O)C(N(C)C)C(C)O3)C(OC4)C(NC(=O)c3csc1n3)c1nc(cs1)C(=O)N2. The van der Waals surface area contributed by atoms with Gasteiger partial charge in [0.1, 0.15) is 126 Å². The highest BCUT2D eigenvalue weighted by molar-refractivity contribution is 7.14. The summed E-state index contributed by atoms with van der Waals surface area (Å²) in [5, 5.41) is 87.0. The van der Waals surface area contributed by atoms with Gasteiger partial charge >= 0.3 is 17.9 Å². The smallest absolute Gasteiger partial charge is 0.358 e. The van der Waals surface area contributed by atoms with E-state index in [0.29, 0.717) is 4.73 Å². The van der Waals surface area contributed by atoms with E-state index < -0.39 is 145 Å². The number of aromatic hydroxyl groups is 1. The molecule has 39 heteroatoms. The molecule has 11 heterocycles. The largest absolute Gasteiger partial charge is 0.506 e. The minimum absolute atomic E-state index is 0.000274. The Morgan fingerprint density at radius 1 is 0.845 bits per heavy atom. The summed E-state index contributed by atoms with van der Waals surface area (Å²) in [4.78, 5) is 147. The van der Waals surface area contributed by atoms with Crippen LogP contribution < -0.4 is 26.6 Å². The number of benzene rings is 1. The fourth-order valence-electron chi connectivity index (χ4n) is 12.5. The second kappa shape index (κ2) is 30.1. The predicted octanol–water partition coefficient (Wildman–Crippen LogP) is 3.27. The quantitative estimate of drug-likeness (QED) is 0.0448. The molecule has 7 aromatic heterocycles. The fourth-order valence-corrected chi connectivity index (χ4v) is 16.6. The lowest BCUT2D eigenvalue weighted by Crippen LogP contribution is -2.62. The molecule has 34 nitrogen and oxygen atoms in total. The Morgan fingerprint density at radius 2 is 1.51 bits per heavy atom. The highest BCUT2D eigenvalue weighted by Gasteiger charge is 2.50. The average Bonchev–Trinajstić information content (AvgIpc) is 1.68. The van der Waals surface area contributed by atoms with Gasteiger partial charge in [0.2, 0.25) is 5.91 Å².